The number of nitrogens with one attached hydrogen (secondary N) is 2. The van der Waals surface area contributed by atoms with Crippen molar-refractivity contribution in [2.45, 2.75) is 26.3 Å². The third-order valence-corrected chi connectivity index (χ3v) is 3.90. The number of fused-ring (bicyclic) bond motifs is 1. The van der Waals surface area contributed by atoms with Crippen LogP contribution >= 0.6 is 0 Å². The van der Waals surface area contributed by atoms with E-state index >= 15 is 0 Å². The largest absolute Gasteiger partial charge is 0.450 e. The van der Waals surface area contributed by atoms with Crippen molar-refractivity contribution in [3.63, 3.8) is 0 Å². The fraction of sp³-hybridized carbons (Fsp3) is 0.278. The van der Waals surface area contributed by atoms with Crippen molar-refractivity contribution in [3.05, 3.63) is 42.0 Å². The fourth-order valence-corrected chi connectivity index (χ4v) is 2.75. The van der Waals surface area contributed by atoms with Gasteiger partial charge in [-0.1, -0.05) is 37.3 Å². The number of benzene rings is 1. The number of carbonyl (C=O) groups is 1. The van der Waals surface area contributed by atoms with Gasteiger partial charge < -0.3 is 15.8 Å². The molecule has 0 saturated carbocycles. The number of nitrogens with two attached hydrogens (primary N) is 1. The van der Waals surface area contributed by atoms with Crippen LogP contribution in [-0.4, -0.2) is 29.4 Å². The van der Waals surface area contributed by atoms with Crippen molar-refractivity contribution < 1.29 is 9.53 Å². The molecule has 0 unspecified atom stereocenters. The summed E-state index contributed by atoms with van der Waals surface area (Å²) in [5.41, 5.74) is 9.36. The van der Waals surface area contributed by atoms with Crippen LogP contribution in [0, 0.1) is 0 Å². The molecule has 7 nitrogen and oxygen atoms in total. The number of aliphatic imine (C=N–C) groups is 1. The van der Waals surface area contributed by atoms with Crippen molar-refractivity contribution in [1.82, 2.24) is 4.98 Å². The van der Waals surface area contributed by atoms with E-state index < -0.39 is 6.09 Å². The summed E-state index contributed by atoms with van der Waals surface area (Å²) in [4.78, 5) is 20.5. The quantitative estimate of drug-likeness (QED) is 0.790. The van der Waals surface area contributed by atoms with Crippen LogP contribution in [-0.2, 0) is 4.74 Å². The van der Waals surface area contributed by atoms with Gasteiger partial charge in [0.2, 0.25) is 0 Å². The van der Waals surface area contributed by atoms with Crippen LogP contribution in [0.1, 0.15) is 25.8 Å². The van der Waals surface area contributed by atoms with Gasteiger partial charge in [0.15, 0.2) is 5.82 Å². The molecule has 0 fully saturated rings. The molecule has 0 aliphatic carbocycles. The van der Waals surface area contributed by atoms with Gasteiger partial charge >= 0.3 is 6.09 Å². The second kappa shape index (κ2) is 7.21. The van der Waals surface area contributed by atoms with Crippen molar-refractivity contribution in [2.24, 2.45) is 4.99 Å². The molecule has 25 heavy (non-hydrogen) atoms. The van der Waals surface area contributed by atoms with E-state index in [4.69, 9.17) is 15.5 Å². The Bertz CT molecular complexity index is 805. The van der Waals surface area contributed by atoms with Crippen LogP contribution in [0.25, 0.3) is 0 Å². The third kappa shape index (κ3) is 3.55. The summed E-state index contributed by atoms with van der Waals surface area (Å²) < 4.78 is 4.87. The van der Waals surface area contributed by atoms with Gasteiger partial charge in [-0.05, 0) is 18.9 Å². The number of carbonyl (C=O) groups excluding carboxylic acids is 1. The van der Waals surface area contributed by atoms with Gasteiger partial charge in [-0.2, -0.15) is 0 Å². The molecule has 0 radical (unpaired) electrons. The number of nitrogen functional groups attached to an aromatic ring is 1. The van der Waals surface area contributed by atoms with Crippen molar-refractivity contribution in [1.29, 1.82) is 0 Å². The minimum atomic E-state index is -0.564. The van der Waals surface area contributed by atoms with E-state index in [1.807, 2.05) is 30.3 Å². The Balaban J connectivity index is 1.98. The van der Waals surface area contributed by atoms with E-state index in [-0.39, 0.29) is 18.5 Å². The van der Waals surface area contributed by atoms with Gasteiger partial charge in [-0.15, -0.1) is 0 Å². The first-order chi connectivity index (χ1) is 12.1. The molecule has 1 atom stereocenters. The average Bonchev–Trinajstić information content (AvgIpc) is 2.61. The standard InChI is InChI=1S/C18H21N5O2/c1-3-12-15(11-8-6-5-7-9-11)23-16-13(20-12)10-14(21-17(16)19)22-18(24)25-4-2/h5-10,12,20H,3-4H2,1-2H3,(H3,19,21,22,24)/t12-/m1/s1. The molecule has 130 valence electrons. The lowest BCUT2D eigenvalue weighted by molar-refractivity contribution is 0.168. The van der Waals surface area contributed by atoms with Crippen molar-refractivity contribution in [3.8, 4) is 0 Å². The molecular weight excluding hydrogens is 318 g/mol. The van der Waals surface area contributed by atoms with E-state index in [0.29, 0.717) is 11.5 Å². The summed E-state index contributed by atoms with van der Waals surface area (Å²) in [5, 5.41) is 6.01. The maximum absolute atomic E-state index is 11.6. The lowest BCUT2D eigenvalue weighted by Gasteiger charge is -2.27. The zero-order valence-electron chi connectivity index (χ0n) is 14.2. The Kier molecular flexibility index (Phi) is 4.83. The monoisotopic (exact) mass is 339 g/mol. The number of amides is 1. The van der Waals surface area contributed by atoms with Gasteiger partial charge in [0.05, 0.1) is 24.0 Å². The molecule has 7 heteroatoms. The van der Waals surface area contributed by atoms with E-state index in [9.17, 15) is 4.79 Å². The highest BCUT2D eigenvalue weighted by Gasteiger charge is 2.25. The minimum Gasteiger partial charge on any atom is -0.450 e. The maximum Gasteiger partial charge on any atom is 0.412 e. The predicted octanol–water partition coefficient (Wildman–Crippen LogP) is 3.56. The Labute approximate surface area is 146 Å². The van der Waals surface area contributed by atoms with Crippen LogP contribution < -0.4 is 16.4 Å². The molecule has 0 saturated heterocycles. The number of ether oxygens (including phenoxy) is 1. The summed E-state index contributed by atoms with van der Waals surface area (Å²) >= 11 is 0. The smallest absolute Gasteiger partial charge is 0.412 e. The third-order valence-electron chi connectivity index (χ3n) is 3.90. The molecule has 2 heterocycles. The summed E-state index contributed by atoms with van der Waals surface area (Å²) in [5.74, 6) is 0.579. The van der Waals surface area contributed by atoms with Crippen LogP contribution in [0.5, 0.6) is 0 Å². The second-order valence-electron chi connectivity index (χ2n) is 5.60. The molecule has 1 aromatic carbocycles. The van der Waals surface area contributed by atoms with Gasteiger partial charge in [0.1, 0.15) is 11.5 Å². The molecule has 1 amide bonds. The SMILES string of the molecule is CCOC(=O)Nc1cc2c(c(N)n1)N=C(c1ccccc1)[C@@H](CC)N2. The fourth-order valence-electron chi connectivity index (χ4n) is 2.75. The average molecular weight is 339 g/mol. The Morgan fingerprint density at radius 2 is 2.08 bits per heavy atom. The number of aromatic nitrogens is 1. The maximum atomic E-state index is 11.6. The molecule has 2 aromatic rings. The molecule has 1 aliphatic rings. The summed E-state index contributed by atoms with van der Waals surface area (Å²) in [6, 6.07) is 11.7. The highest BCUT2D eigenvalue weighted by atomic mass is 16.5. The zero-order chi connectivity index (χ0) is 17.8. The van der Waals surface area contributed by atoms with Crippen molar-refractivity contribution >= 4 is 34.8 Å². The first-order valence-corrected chi connectivity index (χ1v) is 8.27. The number of hydrogen-bond donors (Lipinski definition) is 3. The Morgan fingerprint density at radius 1 is 1.32 bits per heavy atom. The highest BCUT2D eigenvalue weighted by molar-refractivity contribution is 6.10. The Hall–Kier alpha value is -3.09. The van der Waals surface area contributed by atoms with E-state index in [0.717, 1.165) is 23.4 Å². The first kappa shape index (κ1) is 16.8. The van der Waals surface area contributed by atoms with Crippen LogP contribution in [0.3, 0.4) is 0 Å². The lowest BCUT2D eigenvalue weighted by Crippen LogP contribution is -2.32. The summed E-state index contributed by atoms with van der Waals surface area (Å²) in [6.45, 7) is 4.11. The van der Waals surface area contributed by atoms with Crippen LogP contribution in [0.15, 0.2) is 41.4 Å². The van der Waals surface area contributed by atoms with Gasteiger partial charge in [0, 0.05) is 6.07 Å². The van der Waals surface area contributed by atoms with Gasteiger partial charge in [-0.25, -0.2) is 14.8 Å². The number of pyridine rings is 1. The van der Waals surface area contributed by atoms with E-state index in [1.54, 1.807) is 13.0 Å². The normalized spacial score (nSPS) is 15.6. The second-order valence-corrected chi connectivity index (χ2v) is 5.60. The lowest BCUT2D eigenvalue weighted by atomic mass is 9.98. The number of anilines is 3. The molecule has 1 aromatic heterocycles. The van der Waals surface area contributed by atoms with Gasteiger partial charge in [-0.3, -0.25) is 5.32 Å². The molecule has 3 rings (SSSR count). The number of hydrogen-bond acceptors (Lipinski definition) is 6. The number of rotatable bonds is 4. The van der Waals surface area contributed by atoms with Crippen LogP contribution in [0.4, 0.5) is 27.8 Å². The molecule has 0 bridgehead atoms. The molecular formula is C18H21N5O2. The van der Waals surface area contributed by atoms with E-state index in [1.165, 1.54) is 0 Å². The highest BCUT2D eigenvalue weighted by Crippen LogP contribution is 2.37. The topological polar surface area (TPSA) is 102 Å². The number of nitrogens with zero attached hydrogens (tertiary/aromatic N) is 2. The summed E-state index contributed by atoms with van der Waals surface area (Å²) in [6.07, 6.45) is 0.293. The Morgan fingerprint density at radius 3 is 2.76 bits per heavy atom. The predicted molar refractivity (Wildman–Crippen MR) is 99.6 cm³/mol. The molecule has 4 N–H and O–H groups in total. The molecule has 0 spiro atoms. The van der Waals surface area contributed by atoms with Crippen LogP contribution in [0.2, 0.25) is 0 Å². The zero-order valence-corrected chi connectivity index (χ0v) is 14.2. The summed E-state index contributed by atoms with van der Waals surface area (Å²) in [7, 11) is 0. The van der Waals surface area contributed by atoms with Gasteiger partial charge in [0.25, 0.3) is 0 Å². The van der Waals surface area contributed by atoms with Crippen molar-refractivity contribution in [2.75, 3.05) is 23.0 Å². The van der Waals surface area contributed by atoms with E-state index in [2.05, 4.69) is 22.5 Å². The molecule has 1 aliphatic heterocycles. The first-order valence-electron chi connectivity index (χ1n) is 8.27. The minimum absolute atomic E-state index is 0.0483.